The lowest BCUT2D eigenvalue weighted by Crippen LogP contribution is -2.04. The zero-order valence-electron chi connectivity index (χ0n) is 28.0. The summed E-state index contributed by atoms with van der Waals surface area (Å²) in [5.74, 6) is -0.834. The first-order valence-electron chi connectivity index (χ1n) is 16.7. The van der Waals surface area contributed by atoms with Gasteiger partial charge in [-0.15, -0.1) is 22.7 Å². The fourth-order valence-electron chi connectivity index (χ4n) is 6.92. The summed E-state index contributed by atoms with van der Waals surface area (Å²) in [6.45, 7) is 4.97. The number of nitrogens with zero attached hydrogens (tertiary/aromatic N) is 4. The summed E-state index contributed by atoms with van der Waals surface area (Å²) in [5.41, 5.74) is 9.96. The maximum Gasteiger partial charge on any atom is 0.304 e. The molecule has 4 aromatic heterocycles. The van der Waals surface area contributed by atoms with Crippen LogP contribution in [0, 0.1) is 13.8 Å². The second-order valence-corrected chi connectivity index (χ2v) is 16.9. The van der Waals surface area contributed by atoms with Crippen molar-refractivity contribution in [1.82, 2.24) is 19.6 Å². The van der Waals surface area contributed by atoms with Gasteiger partial charge in [-0.1, -0.05) is 59.7 Å². The van der Waals surface area contributed by atoms with Gasteiger partial charge in [0.2, 0.25) is 0 Å². The van der Waals surface area contributed by atoms with Gasteiger partial charge in [0, 0.05) is 44.8 Å². The highest BCUT2D eigenvalue weighted by Crippen LogP contribution is 2.46. The molecule has 260 valence electrons. The number of hydrogen-bond donors (Lipinski definition) is 1. The van der Waals surface area contributed by atoms with Crippen molar-refractivity contribution >= 4 is 44.4 Å². The molecule has 0 aliphatic heterocycles. The highest BCUT2D eigenvalue weighted by molar-refractivity contribution is 7.88. The van der Waals surface area contributed by atoms with Crippen LogP contribution in [0.15, 0.2) is 82.4 Å². The Bertz CT molecular complexity index is 2470. The molecular weight excluding hydrogens is 707 g/mol. The lowest BCUT2D eigenvalue weighted by atomic mass is 10.1. The Morgan fingerprint density at radius 3 is 1.82 bits per heavy atom. The van der Waals surface area contributed by atoms with Gasteiger partial charge in [0.05, 0.1) is 24.5 Å². The van der Waals surface area contributed by atoms with Crippen LogP contribution in [-0.2, 0) is 36.0 Å². The van der Waals surface area contributed by atoms with Gasteiger partial charge in [0.25, 0.3) is 0 Å². The predicted octanol–water partition coefficient (Wildman–Crippen LogP) is 9.80. The van der Waals surface area contributed by atoms with Gasteiger partial charge >= 0.3 is 10.1 Å². The van der Waals surface area contributed by atoms with Crippen molar-refractivity contribution in [3.05, 3.63) is 133 Å². The standard InChI is InChI=1S/C39H34F2N4O3S3/c1-23-8-12-25(13-9-23)21-44-38-27-16-17-49-33(27)18-29(38)36(42-44)31(40)6-4-3-5-7-32(41)37-30-19-34-28(20-35(50-34)51(46,47)48)39(30)45(43-37)22-26-14-10-24(2)11-15-26/h6-17,20H,3-5,18-19,21-22H2,1-2H3,(H,46,47,48)/b31-6-,32-7-. The molecule has 2 aromatic carbocycles. The van der Waals surface area contributed by atoms with E-state index in [2.05, 4.69) is 40.8 Å². The first-order chi connectivity index (χ1) is 24.5. The summed E-state index contributed by atoms with van der Waals surface area (Å²) in [4.78, 5) is 1.96. The molecule has 0 amide bonds. The molecule has 0 saturated carbocycles. The molecule has 1 N–H and O–H groups in total. The number of benzene rings is 2. The van der Waals surface area contributed by atoms with E-state index < -0.39 is 15.9 Å². The average molecular weight is 741 g/mol. The number of aryl methyl sites for hydroxylation is 2. The van der Waals surface area contributed by atoms with E-state index in [0.29, 0.717) is 67.7 Å². The first kappa shape index (κ1) is 33.6. The topological polar surface area (TPSA) is 90.0 Å². The largest absolute Gasteiger partial charge is 0.304 e. The number of aromatic nitrogens is 4. The summed E-state index contributed by atoms with van der Waals surface area (Å²) in [6.07, 6.45) is 5.33. The van der Waals surface area contributed by atoms with Crippen LogP contribution < -0.4 is 0 Å². The Balaban J connectivity index is 1.00. The van der Waals surface area contributed by atoms with Gasteiger partial charge in [-0.3, -0.25) is 13.9 Å². The smallest absolute Gasteiger partial charge is 0.281 e. The molecule has 0 bridgehead atoms. The van der Waals surface area contributed by atoms with Crippen LogP contribution in [0.1, 0.15) is 73.8 Å². The Hall–Kier alpha value is -4.49. The summed E-state index contributed by atoms with van der Waals surface area (Å²) >= 11 is 2.67. The monoisotopic (exact) mass is 740 g/mol. The molecule has 8 rings (SSSR count). The fourth-order valence-corrected chi connectivity index (χ4v) is 9.70. The molecule has 2 aliphatic rings. The molecule has 6 aromatic rings. The Kier molecular flexibility index (Phi) is 8.74. The Morgan fingerprint density at radius 1 is 0.784 bits per heavy atom. The summed E-state index contributed by atoms with van der Waals surface area (Å²) in [6, 6.07) is 19.8. The first-order valence-corrected chi connectivity index (χ1v) is 19.9. The Labute approximate surface area is 303 Å². The van der Waals surface area contributed by atoms with E-state index in [1.807, 2.05) is 42.8 Å². The molecule has 4 heterocycles. The Morgan fingerprint density at radius 2 is 1.29 bits per heavy atom. The van der Waals surface area contributed by atoms with Crippen molar-refractivity contribution in [2.45, 2.75) is 63.3 Å². The van der Waals surface area contributed by atoms with E-state index >= 15 is 8.78 Å². The number of hydrogen-bond acceptors (Lipinski definition) is 6. The molecule has 51 heavy (non-hydrogen) atoms. The zero-order chi connectivity index (χ0) is 35.4. The van der Waals surface area contributed by atoms with Gasteiger partial charge in [0.1, 0.15) is 27.3 Å². The minimum Gasteiger partial charge on any atom is -0.281 e. The molecular formula is C39H34F2N4O3S3. The van der Waals surface area contributed by atoms with Crippen molar-refractivity contribution in [2.75, 3.05) is 0 Å². The van der Waals surface area contributed by atoms with Crippen molar-refractivity contribution in [2.24, 2.45) is 0 Å². The van der Waals surface area contributed by atoms with Crippen molar-refractivity contribution < 1.29 is 21.8 Å². The molecule has 0 atom stereocenters. The lowest BCUT2D eigenvalue weighted by Gasteiger charge is -2.07. The van der Waals surface area contributed by atoms with E-state index in [1.165, 1.54) is 22.6 Å². The number of halogens is 2. The zero-order valence-corrected chi connectivity index (χ0v) is 30.4. The van der Waals surface area contributed by atoms with Crippen LogP contribution in [-0.4, -0.2) is 32.5 Å². The number of unbranched alkanes of at least 4 members (excludes halogenated alkanes) is 2. The fraction of sp³-hybridized carbons (Fsp3) is 0.231. The highest BCUT2D eigenvalue weighted by Gasteiger charge is 2.33. The number of rotatable bonds is 11. The summed E-state index contributed by atoms with van der Waals surface area (Å²) in [7, 11) is -4.37. The molecule has 12 heteroatoms. The normalized spacial score (nSPS) is 13.8. The van der Waals surface area contributed by atoms with Crippen LogP contribution in [0.2, 0.25) is 0 Å². The minimum atomic E-state index is -4.37. The van der Waals surface area contributed by atoms with Gasteiger partial charge < -0.3 is 0 Å². The van der Waals surface area contributed by atoms with Crippen LogP contribution in [0.3, 0.4) is 0 Å². The molecule has 0 radical (unpaired) electrons. The van der Waals surface area contributed by atoms with Gasteiger partial charge in [-0.2, -0.15) is 18.6 Å². The molecule has 0 spiro atoms. The highest BCUT2D eigenvalue weighted by atomic mass is 32.3. The van der Waals surface area contributed by atoms with E-state index in [9.17, 15) is 13.0 Å². The van der Waals surface area contributed by atoms with Gasteiger partial charge in [-0.05, 0) is 73.9 Å². The second-order valence-electron chi connectivity index (χ2n) is 13.2. The maximum absolute atomic E-state index is 15.8. The van der Waals surface area contributed by atoms with Crippen molar-refractivity contribution in [3.63, 3.8) is 0 Å². The third-order valence-corrected chi connectivity index (χ3v) is 12.8. The third-order valence-electron chi connectivity index (χ3n) is 9.49. The molecule has 0 unspecified atom stereocenters. The van der Waals surface area contributed by atoms with Crippen LogP contribution in [0.25, 0.3) is 34.2 Å². The van der Waals surface area contributed by atoms with Crippen molar-refractivity contribution in [1.29, 1.82) is 0 Å². The van der Waals surface area contributed by atoms with Gasteiger partial charge in [-0.25, -0.2) is 8.78 Å². The SMILES string of the molecule is Cc1ccc(Cn2nc(/C(F)=C/CCC/C=C(\F)c3nn(Cc4ccc(C)cc4)c4c3Cc3sc(S(=O)(=O)O)cc3-4)c3c2-c2ccsc2C3)cc1. The van der Waals surface area contributed by atoms with E-state index in [0.717, 1.165) is 49.7 Å². The molecule has 0 fully saturated rings. The lowest BCUT2D eigenvalue weighted by molar-refractivity contribution is 0.485. The maximum atomic E-state index is 15.8. The number of thiophene rings is 2. The van der Waals surface area contributed by atoms with Gasteiger partial charge in [0.15, 0.2) is 0 Å². The van der Waals surface area contributed by atoms with E-state index in [-0.39, 0.29) is 15.7 Å². The summed E-state index contributed by atoms with van der Waals surface area (Å²) < 4.78 is 68.5. The van der Waals surface area contributed by atoms with Crippen LogP contribution in [0.5, 0.6) is 0 Å². The number of allylic oxidation sites excluding steroid dienone is 2. The van der Waals surface area contributed by atoms with E-state index in [4.69, 9.17) is 5.10 Å². The molecule has 7 nitrogen and oxygen atoms in total. The molecule has 2 aliphatic carbocycles. The van der Waals surface area contributed by atoms with Crippen LogP contribution >= 0.6 is 22.7 Å². The minimum absolute atomic E-state index is 0.141. The summed E-state index contributed by atoms with van der Waals surface area (Å²) in [5, 5.41) is 11.5. The van der Waals surface area contributed by atoms with Crippen LogP contribution in [0.4, 0.5) is 8.78 Å². The quantitative estimate of drug-likeness (QED) is 0.105. The van der Waals surface area contributed by atoms with Crippen molar-refractivity contribution in [3.8, 4) is 22.5 Å². The predicted molar refractivity (Wildman–Crippen MR) is 199 cm³/mol. The number of fused-ring (bicyclic) bond motifs is 6. The van der Waals surface area contributed by atoms with E-state index in [1.54, 1.807) is 22.1 Å². The average Bonchev–Trinajstić information content (AvgIpc) is 3.92. The third kappa shape index (κ3) is 6.46. The second kappa shape index (κ2) is 13.2. The molecule has 0 saturated heterocycles.